The molecule has 1 heterocycles. The number of nitrogens with zero attached hydrogens (tertiary/aromatic N) is 1. The zero-order valence-corrected chi connectivity index (χ0v) is 12.9. The Bertz CT molecular complexity index is 467. The molecule has 1 aliphatic rings. The number of likely N-dealkylation sites (tertiary alicyclic amines) is 1. The van der Waals surface area contributed by atoms with Gasteiger partial charge in [-0.05, 0) is 43.4 Å². The van der Waals surface area contributed by atoms with Crippen LogP contribution in [0, 0.1) is 11.7 Å². The summed E-state index contributed by atoms with van der Waals surface area (Å²) in [5.41, 5.74) is 0.115. The van der Waals surface area contributed by atoms with E-state index in [9.17, 15) is 9.18 Å². The van der Waals surface area contributed by atoms with E-state index >= 15 is 0 Å². The lowest BCUT2D eigenvalue weighted by Gasteiger charge is -2.32. The molecule has 1 atom stereocenters. The van der Waals surface area contributed by atoms with E-state index in [1.165, 1.54) is 12.1 Å². The summed E-state index contributed by atoms with van der Waals surface area (Å²) in [5, 5.41) is 1.25. The van der Waals surface area contributed by atoms with E-state index in [1.807, 2.05) is 0 Å². The van der Waals surface area contributed by atoms with Gasteiger partial charge in [0.1, 0.15) is 5.82 Å². The van der Waals surface area contributed by atoms with Gasteiger partial charge in [0.05, 0.1) is 5.56 Å². The maximum Gasteiger partial charge on any atom is 0.256 e. The highest BCUT2D eigenvalue weighted by molar-refractivity contribution is 9.09. The van der Waals surface area contributed by atoms with Crippen LogP contribution in [0.3, 0.4) is 0 Å². The first-order chi connectivity index (χ1) is 9.11. The molecule has 2 nitrogen and oxygen atoms in total. The maximum atomic E-state index is 13.8. The molecule has 5 heteroatoms. The molecule has 1 saturated heterocycles. The number of alkyl halides is 1. The van der Waals surface area contributed by atoms with E-state index in [0.717, 1.165) is 24.6 Å². The summed E-state index contributed by atoms with van der Waals surface area (Å²) in [4.78, 5) is 14.1. The van der Waals surface area contributed by atoms with Crippen molar-refractivity contribution in [3.8, 4) is 0 Å². The lowest BCUT2D eigenvalue weighted by Crippen LogP contribution is -2.40. The van der Waals surface area contributed by atoms with Gasteiger partial charge in [0.2, 0.25) is 0 Å². The van der Waals surface area contributed by atoms with Gasteiger partial charge in [0.25, 0.3) is 5.91 Å². The minimum absolute atomic E-state index is 0.115. The van der Waals surface area contributed by atoms with Gasteiger partial charge in [-0.2, -0.15) is 0 Å². The zero-order chi connectivity index (χ0) is 13.8. The summed E-state index contributed by atoms with van der Waals surface area (Å²) in [6.07, 6.45) is 3.17. The highest BCUT2D eigenvalue weighted by Crippen LogP contribution is 2.23. The number of rotatable bonds is 3. The van der Waals surface area contributed by atoms with Crippen molar-refractivity contribution in [3.05, 3.63) is 34.6 Å². The van der Waals surface area contributed by atoms with Crippen molar-refractivity contribution in [1.29, 1.82) is 0 Å². The summed E-state index contributed by atoms with van der Waals surface area (Å²) < 4.78 is 13.8. The van der Waals surface area contributed by atoms with Gasteiger partial charge in [-0.25, -0.2) is 4.39 Å². The van der Waals surface area contributed by atoms with Crippen molar-refractivity contribution in [2.75, 3.05) is 18.4 Å². The van der Waals surface area contributed by atoms with Crippen LogP contribution in [0.5, 0.6) is 0 Å². The molecule has 0 N–H and O–H groups in total. The van der Waals surface area contributed by atoms with Crippen LogP contribution < -0.4 is 0 Å². The van der Waals surface area contributed by atoms with E-state index in [-0.39, 0.29) is 11.5 Å². The third kappa shape index (κ3) is 3.69. The first-order valence-electron chi connectivity index (χ1n) is 6.42. The fraction of sp³-hybridized carbons (Fsp3) is 0.500. The topological polar surface area (TPSA) is 20.3 Å². The second-order valence-corrected chi connectivity index (χ2v) is 6.09. The van der Waals surface area contributed by atoms with Crippen molar-refractivity contribution < 1.29 is 9.18 Å². The van der Waals surface area contributed by atoms with Crippen LogP contribution in [0.2, 0.25) is 5.02 Å². The summed E-state index contributed by atoms with van der Waals surface area (Å²) in [6.45, 7) is 1.42. The Morgan fingerprint density at radius 3 is 3.00 bits per heavy atom. The molecule has 1 aromatic rings. The van der Waals surface area contributed by atoms with Gasteiger partial charge in [0.15, 0.2) is 0 Å². The van der Waals surface area contributed by atoms with E-state index in [2.05, 4.69) is 15.9 Å². The van der Waals surface area contributed by atoms with Crippen LogP contribution in [-0.2, 0) is 0 Å². The molecular formula is C14H16BrClFNO. The molecule has 1 aromatic carbocycles. The smallest absolute Gasteiger partial charge is 0.256 e. The highest BCUT2D eigenvalue weighted by atomic mass is 79.9. The summed E-state index contributed by atoms with van der Waals surface area (Å²) in [7, 11) is 0. The average Bonchev–Trinajstić information content (AvgIpc) is 2.39. The molecule has 2 rings (SSSR count). The molecular weight excluding hydrogens is 333 g/mol. The van der Waals surface area contributed by atoms with Gasteiger partial charge in [-0.3, -0.25) is 4.79 Å². The first kappa shape index (κ1) is 14.8. The number of carbonyl (C=O) groups excluding carboxylic acids is 1. The number of halogens is 3. The molecule has 0 spiro atoms. The SMILES string of the molecule is O=C(c1ccc(Cl)cc1F)N1CCCC(CCBr)C1. The predicted molar refractivity (Wildman–Crippen MR) is 78.4 cm³/mol. The van der Waals surface area contributed by atoms with Crippen molar-refractivity contribution in [3.63, 3.8) is 0 Å². The number of hydrogen-bond acceptors (Lipinski definition) is 1. The number of carbonyl (C=O) groups is 1. The van der Waals surface area contributed by atoms with Gasteiger partial charge < -0.3 is 4.90 Å². The van der Waals surface area contributed by atoms with Crippen LogP contribution >= 0.6 is 27.5 Å². The molecule has 0 bridgehead atoms. The van der Waals surface area contributed by atoms with Crippen molar-refractivity contribution in [2.45, 2.75) is 19.3 Å². The van der Waals surface area contributed by atoms with Crippen molar-refractivity contribution >= 4 is 33.4 Å². The first-order valence-corrected chi connectivity index (χ1v) is 7.92. The molecule has 19 heavy (non-hydrogen) atoms. The Hall–Kier alpha value is -0.610. The number of benzene rings is 1. The molecule has 1 unspecified atom stereocenters. The quantitative estimate of drug-likeness (QED) is 0.753. The number of amides is 1. The summed E-state index contributed by atoms with van der Waals surface area (Å²) in [6, 6.07) is 4.21. The van der Waals surface area contributed by atoms with Crippen LogP contribution in [0.1, 0.15) is 29.6 Å². The van der Waals surface area contributed by atoms with Gasteiger partial charge in [0, 0.05) is 23.4 Å². The molecule has 1 amide bonds. The van der Waals surface area contributed by atoms with Gasteiger partial charge >= 0.3 is 0 Å². The molecule has 0 aromatic heterocycles. The zero-order valence-electron chi connectivity index (χ0n) is 10.5. The fourth-order valence-electron chi connectivity index (χ4n) is 2.47. The average molecular weight is 349 g/mol. The molecule has 1 fully saturated rings. The molecule has 0 saturated carbocycles. The highest BCUT2D eigenvalue weighted by Gasteiger charge is 2.25. The Morgan fingerprint density at radius 2 is 2.32 bits per heavy atom. The second kappa shape index (κ2) is 6.71. The maximum absolute atomic E-state index is 13.8. The largest absolute Gasteiger partial charge is 0.338 e. The third-order valence-electron chi connectivity index (χ3n) is 3.49. The third-order valence-corrected chi connectivity index (χ3v) is 4.18. The minimum Gasteiger partial charge on any atom is -0.338 e. The second-order valence-electron chi connectivity index (χ2n) is 4.86. The van der Waals surface area contributed by atoms with E-state index in [0.29, 0.717) is 24.0 Å². The number of piperidine rings is 1. The van der Waals surface area contributed by atoms with E-state index < -0.39 is 5.82 Å². The standard InChI is InChI=1S/C14H16BrClFNO/c15-6-5-10-2-1-7-18(9-10)14(19)12-4-3-11(16)8-13(12)17/h3-4,8,10H,1-2,5-7,9H2. The molecule has 0 aliphatic carbocycles. The molecule has 0 radical (unpaired) electrons. The Morgan fingerprint density at radius 1 is 1.53 bits per heavy atom. The summed E-state index contributed by atoms with van der Waals surface area (Å²) >= 11 is 9.13. The predicted octanol–water partition coefficient (Wildman–Crippen LogP) is 4.12. The summed E-state index contributed by atoms with van der Waals surface area (Å²) in [5.74, 6) is -0.263. The van der Waals surface area contributed by atoms with Crippen LogP contribution in [-0.4, -0.2) is 29.2 Å². The van der Waals surface area contributed by atoms with E-state index in [1.54, 1.807) is 11.0 Å². The molecule has 104 valence electrons. The number of hydrogen-bond donors (Lipinski definition) is 0. The Labute approximate surface area is 126 Å². The van der Waals surface area contributed by atoms with Crippen molar-refractivity contribution in [2.24, 2.45) is 5.92 Å². The normalized spacial score (nSPS) is 19.5. The van der Waals surface area contributed by atoms with Crippen LogP contribution in [0.15, 0.2) is 18.2 Å². The van der Waals surface area contributed by atoms with E-state index in [4.69, 9.17) is 11.6 Å². The van der Waals surface area contributed by atoms with Crippen LogP contribution in [0.25, 0.3) is 0 Å². The monoisotopic (exact) mass is 347 g/mol. The lowest BCUT2D eigenvalue weighted by atomic mass is 9.95. The molecule has 1 aliphatic heterocycles. The van der Waals surface area contributed by atoms with Crippen molar-refractivity contribution in [1.82, 2.24) is 4.90 Å². The lowest BCUT2D eigenvalue weighted by molar-refractivity contribution is 0.0667. The van der Waals surface area contributed by atoms with Gasteiger partial charge in [-0.1, -0.05) is 27.5 Å². The van der Waals surface area contributed by atoms with Crippen LogP contribution in [0.4, 0.5) is 4.39 Å². The minimum atomic E-state index is -0.542. The fourth-order valence-corrected chi connectivity index (χ4v) is 3.28. The Kier molecular flexibility index (Phi) is 5.22. The van der Waals surface area contributed by atoms with Gasteiger partial charge in [-0.15, -0.1) is 0 Å². The Balaban J connectivity index is 2.10.